The molecule has 2 fully saturated rings. The molecule has 1 aromatic rings. The third-order valence-corrected chi connectivity index (χ3v) is 4.46. The maximum Gasteiger partial charge on any atom is 0.252 e. The normalized spacial score (nSPS) is 24.3. The summed E-state index contributed by atoms with van der Waals surface area (Å²) in [7, 11) is 0. The van der Waals surface area contributed by atoms with E-state index in [1.165, 1.54) is 38.5 Å². The fourth-order valence-electron chi connectivity index (χ4n) is 2.98. The van der Waals surface area contributed by atoms with Gasteiger partial charge in [0.05, 0.1) is 0 Å². The average molecular weight is 261 g/mol. The minimum Gasteiger partial charge on any atom is -0.356 e. The molecular formula is C15H23N3O. The molecule has 4 heteroatoms. The molecule has 4 nitrogen and oxygen atoms in total. The van der Waals surface area contributed by atoms with Crippen molar-refractivity contribution in [1.82, 2.24) is 9.97 Å². The molecule has 1 saturated heterocycles. The van der Waals surface area contributed by atoms with Crippen molar-refractivity contribution >= 4 is 5.82 Å². The molecule has 1 unspecified atom stereocenters. The van der Waals surface area contributed by atoms with Gasteiger partial charge in [-0.2, -0.15) is 0 Å². The fourth-order valence-corrected chi connectivity index (χ4v) is 2.98. The standard InChI is InChI=1S/C15H23N3O/c1-2-11-4-3-8-18(9-7-11)13-10-14(19)17-15(16-13)12-5-6-12/h10-12H,2-9H2,1H3,(H,16,17,19). The highest BCUT2D eigenvalue weighted by Crippen LogP contribution is 2.38. The van der Waals surface area contributed by atoms with Crippen LogP contribution in [0.25, 0.3) is 0 Å². The molecule has 19 heavy (non-hydrogen) atoms. The van der Waals surface area contributed by atoms with Crippen LogP contribution in [-0.4, -0.2) is 23.1 Å². The van der Waals surface area contributed by atoms with Gasteiger partial charge in [0, 0.05) is 25.1 Å². The topological polar surface area (TPSA) is 49.0 Å². The van der Waals surface area contributed by atoms with Crippen LogP contribution in [0.15, 0.2) is 10.9 Å². The lowest BCUT2D eigenvalue weighted by Crippen LogP contribution is -2.27. The zero-order chi connectivity index (χ0) is 13.2. The van der Waals surface area contributed by atoms with E-state index >= 15 is 0 Å². The van der Waals surface area contributed by atoms with Crippen molar-refractivity contribution in [2.45, 2.75) is 51.4 Å². The summed E-state index contributed by atoms with van der Waals surface area (Å²) in [6.07, 6.45) is 7.36. The molecule has 1 aliphatic carbocycles. The zero-order valence-corrected chi connectivity index (χ0v) is 11.7. The van der Waals surface area contributed by atoms with Crippen molar-refractivity contribution in [1.29, 1.82) is 0 Å². The molecule has 104 valence electrons. The highest BCUT2D eigenvalue weighted by Gasteiger charge is 2.27. The summed E-state index contributed by atoms with van der Waals surface area (Å²) in [5.74, 6) is 3.14. The van der Waals surface area contributed by atoms with Gasteiger partial charge in [0.15, 0.2) is 0 Å². The van der Waals surface area contributed by atoms with Gasteiger partial charge >= 0.3 is 0 Å². The number of aromatic amines is 1. The second-order valence-electron chi connectivity index (χ2n) is 5.96. The average Bonchev–Trinajstić information content (AvgIpc) is 3.24. The Balaban J connectivity index is 1.79. The van der Waals surface area contributed by atoms with Crippen molar-refractivity contribution in [2.75, 3.05) is 18.0 Å². The third-order valence-electron chi connectivity index (χ3n) is 4.46. The molecule has 3 rings (SSSR count). The van der Waals surface area contributed by atoms with Gasteiger partial charge in [-0.3, -0.25) is 4.79 Å². The van der Waals surface area contributed by atoms with Crippen LogP contribution in [0, 0.1) is 5.92 Å². The lowest BCUT2D eigenvalue weighted by Gasteiger charge is -2.21. The number of H-pyrrole nitrogens is 1. The van der Waals surface area contributed by atoms with Crippen molar-refractivity contribution in [3.63, 3.8) is 0 Å². The van der Waals surface area contributed by atoms with E-state index in [1.54, 1.807) is 6.07 Å². The summed E-state index contributed by atoms with van der Waals surface area (Å²) in [4.78, 5) is 21.6. The predicted octanol–water partition coefficient (Wildman–Crippen LogP) is 2.66. The number of rotatable bonds is 3. The number of hydrogen-bond donors (Lipinski definition) is 1. The van der Waals surface area contributed by atoms with E-state index in [1.807, 2.05) is 0 Å². The SMILES string of the molecule is CCC1CCCN(c2cc(=O)[nH]c(C3CC3)n2)CC1. The largest absolute Gasteiger partial charge is 0.356 e. The highest BCUT2D eigenvalue weighted by molar-refractivity contribution is 5.38. The molecule has 0 radical (unpaired) electrons. The lowest BCUT2D eigenvalue weighted by atomic mass is 9.98. The minimum absolute atomic E-state index is 0.00295. The molecule has 1 atom stereocenters. The van der Waals surface area contributed by atoms with Crippen LogP contribution in [0.3, 0.4) is 0 Å². The van der Waals surface area contributed by atoms with Crippen LogP contribution in [-0.2, 0) is 0 Å². The Morgan fingerprint density at radius 2 is 2.16 bits per heavy atom. The van der Waals surface area contributed by atoms with Crippen molar-refractivity contribution < 1.29 is 0 Å². The van der Waals surface area contributed by atoms with Gasteiger partial charge in [0.2, 0.25) is 0 Å². The molecule has 0 bridgehead atoms. The zero-order valence-electron chi connectivity index (χ0n) is 11.7. The van der Waals surface area contributed by atoms with Crippen LogP contribution >= 0.6 is 0 Å². The van der Waals surface area contributed by atoms with Crippen LogP contribution in [0.4, 0.5) is 5.82 Å². The number of nitrogens with one attached hydrogen (secondary N) is 1. The van der Waals surface area contributed by atoms with Crippen molar-refractivity contribution in [3.8, 4) is 0 Å². The first-order valence-corrected chi connectivity index (χ1v) is 7.62. The Morgan fingerprint density at radius 3 is 2.89 bits per heavy atom. The van der Waals surface area contributed by atoms with Gasteiger partial charge in [-0.05, 0) is 38.0 Å². The monoisotopic (exact) mass is 261 g/mol. The van der Waals surface area contributed by atoms with Crippen LogP contribution in [0.5, 0.6) is 0 Å². The summed E-state index contributed by atoms with van der Waals surface area (Å²) < 4.78 is 0. The Kier molecular flexibility index (Phi) is 3.58. The first kappa shape index (κ1) is 12.7. The summed E-state index contributed by atoms with van der Waals surface area (Å²) >= 11 is 0. The molecule has 1 N–H and O–H groups in total. The first-order valence-electron chi connectivity index (χ1n) is 7.62. The Labute approximate surface area is 114 Å². The smallest absolute Gasteiger partial charge is 0.252 e. The molecule has 2 heterocycles. The summed E-state index contributed by atoms with van der Waals surface area (Å²) in [5.41, 5.74) is 0.00295. The van der Waals surface area contributed by atoms with E-state index in [0.717, 1.165) is 30.6 Å². The number of aromatic nitrogens is 2. The Hall–Kier alpha value is -1.32. The maximum atomic E-state index is 11.8. The van der Waals surface area contributed by atoms with E-state index in [0.29, 0.717) is 5.92 Å². The van der Waals surface area contributed by atoms with E-state index in [9.17, 15) is 4.79 Å². The van der Waals surface area contributed by atoms with E-state index in [4.69, 9.17) is 0 Å². The molecule has 1 aromatic heterocycles. The molecule has 0 amide bonds. The molecule has 0 spiro atoms. The number of hydrogen-bond acceptors (Lipinski definition) is 3. The number of nitrogens with zero attached hydrogens (tertiary/aromatic N) is 2. The van der Waals surface area contributed by atoms with Crippen LogP contribution < -0.4 is 10.5 Å². The van der Waals surface area contributed by atoms with Gasteiger partial charge in [0.1, 0.15) is 11.6 Å². The van der Waals surface area contributed by atoms with E-state index < -0.39 is 0 Å². The van der Waals surface area contributed by atoms with Crippen LogP contribution in [0.1, 0.15) is 57.2 Å². The highest BCUT2D eigenvalue weighted by atomic mass is 16.1. The van der Waals surface area contributed by atoms with Gasteiger partial charge in [-0.25, -0.2) is 4.98 Å². The van der Waals surface area contributed by atoms with Crippen molar-refractivity contribution in [2.24, 2.45) is 5.92 Å². The molecule has 2 aliphatic rings. The van der Waals surface area contributed by atoms with Gasteiger partial charge in [0.25, 0.3) is 5.56 Å². The third kappa shape index (κ3) is 2.99. The summed E-state index contributed by atoms with van der Waals surface area (Å²) in [6, 6.07) is 1.66. The summed E-state index contributed by atoms with van der Waals surface area (Å²) in [5, 5.41) is 0. The first-order chi connectivity index (χ1) is 9.26. The Bertz CT molecular complexity index is 492. The second kappa shape index (κ2) is 5.35. The quantitative estimate of drug-likeness (QED) is 0.910. The second-order valence-corrected chi connectivity index (χ2v) is 5.96. The van der Waals surface area contributed by atoms with Gasteiger partial charge in [-0.1, -0.05) is 13.3 Å². The Morgan fingerprint density at radius 1 is 1.32 bits per heavy atom. The predicted molar refractivity (Wildman–Crippen MR) is 76.7 cm³/mol. The number of anilines is 1. The molecule has 0 aromatic carbocycles. The van der Waals surface area contributed by atoms with Gasteiger partial charge < -0.3 is 9.88 Å². The van der Waals surface area contributed by atoms with Gasteiger partial charge in [-0.15, -0.1) is 0 Å². The molecule has 1 aliphatic heterocycles. The molecule has 1 saturated carbocycles. The van der Waals surface area contributed by atoms with Crippen molar-refractivity contribution in [3.05, 3.63) is 22.2 Å². The van der Waals surface area contributed by atoms with Crippen LogP contribution in [0.2, 0.25) is 0 Å². The lowest BCUT2D eigenvalue weighted by molar-refractivity contribution is 0.459. The fraction of sp³-hybridized carbons (Fsp3) is 0.733. The van der Waals surface area contributed by atoms with E-state index in [-0.39, 0.29) is 5.56 Å². The molecular weight excluding hydrogens is 238 g/mol. The summed E-state index contributed by atoms with van der Waals surface area (Å²) in [6.45, 7) is 4.35. The minimum atomic E-state index is 0.00295. The maximum absolute atomic E-state index is 11.8. The van der Waals surface area contributed by atoms with E-state index in [2.05, 4.69) is 21.8 Å².